The molecule has 1 fully saturated rings. The van der Waals surface area contributed by atoms with Crippen LogP contribution in [0.5, 0.6) is 5.75 Å². The summed E-state index contributed by atoms with van der Waals surface area (Å²) in [5, 5.41) is 1.03. The maximum absolute atomic E-state index is 6.05. The Bertz CT molecular complexity index is 940. The number of anilines is 1. The zero-order valence-corrected chi connectivity index (χ0v) is 16.7. The Balaban J connectivity index is 1.41. The van der Waals surface area contributed by atoms with Crippen LogP contribution in [-0.2, 0) is 9.47 Å². The normalized spacial score (nSPS) is 17.9. The highest BCUT2D eigenvalue weighted by molar-refractivity contribution is 5.82. The lowest BCUT2D eigenvalue weighted by atomic mass is 10.1. The highest BCUT2D eigenvalue weighted by Crippen LogP contribution is 2.25. The standard InChI is InChI=1S/C23H27N3O3/c1-2-18(29-23-5-3-4-12-27-23)15-28-19-8-10-20-16(13-19)6-9-21(26-20)17-7-11-22(24)25-14-17/h6-11,13-14,18,23H,2-5,12,15H2,1H3,(H2,24,25). The summed E-state index contributed by atoms with van der Waals surface area (Å²) in [6.07, 6.45) is 5.79. The molecule has 0 bridgehead atoms. The highest BCUT2D eigenvalue weighted by atomic mass is 16.7. The molecule has 29 heavy (non-hydrogen) atoms. The Morgan fingerprint density at radius 2 is 2.10 bits per heavy atom. The number of hydrogen-bond donors (Lipinski definition) is 1. The first-order chi connectivity index (χ1) is 14.2. The average molecular weight is 393 g/mol. The van der Waals surface area contributed by atoms with Crippen molar-refractivity contribution in [3.8, 4) is 17.0 Å². The molecule has 3 heterocycles. The van der Waals surface area contributed by atoms with E-state index >= 15 is 0 Å². The number of pyridine rings is 2. The van der Waals surface area contributed by atoms with Crippen molar-refractivity contribution in [3.05, 3.63) is 48.7 Å². The second-order valence-electron chi connectivity index (χ2n) is 7.30. The van der Waals surface area contributed by atoms with Crippen LogP contribution >= 0.6 is 0 Å². The molecule has 3 aromatic rings. The minimum atomic E-state index is -0.0978. The molecule has 2 atom stereocenters. The topological polar surface area (TPSA) is 79.5 Å². The fourth-order valence-electron chi connectivity index (χ4n) is 3.39. The Morgan fingerprint density at radius 1 is 1.17 bits per heavy atom. The Hall–Kier alpha value is -2.70. The predicted molar refractivity (Wildman–Crippen MR) is 114 cm³/mol. The van der Waals surface area contributed by atoms with Gasteiger partial charge in [-0.05, 0) is 62.1 Å². The van der Waals surface area contributed by atoms with Crippen molar-refractivity contribution >= 4 is 16.7 Å². The molecule has 6 heteroatoms. The number of aromatic nitrogens is 2. The number of nitrogen functional groups attached to an aromatic ring is 1. The highest BCUT2D eigenvalue weighted by Gasteiger charge is 2.19. The molecule has 0 spiro atoms. The molecule has 152 valence electrons. The molecule has 6 nitrogen and oxygen atoms in total. The van der Waals surface area contributed by atoms with Gasteiger partial charge in [0.05, 0.1) is 17.3 Å². The van der Waals surface area contributed by atoms with E-state index in [4.69, 9.17) is 24.9 Å². The van der Waals surface area contributed by atoms with E-state index in [1.807, 2.05) is 36.4 Å². The maximum Gasteiger partial charge on any atom is 0.158 e. The molecule has 0 saturated carbocycles. The van der Waals surface area contributed by atoms with Crippen LogP contribution in [-0.4, -0.2) is 35.6 Å². The van der Waals surface area contributed by atoms with E-state index in [1.54, 1.807) is 12.3 Å². The van der Waals surface area contributed by atoms with Crippen molar-refractivity contribution in [2.24, 2.45) is 0 Å². The summed E-state index contributed by atoms with van der Waals surface area (Å²) in [6.45, 7) is 3.40. The van der Waals surface area contributed by atoms with Gasteiger partial charge in [0.15, 0.2) is 6.29 Å². The zero-order valence-electron chi connectivity index (χ0n) is 16.7. The van der Waals surface area contributed by atoms with Gasteiger partial charge < -0.3 is 19.9 Å². The van der Waals surface area contributed by atoms with Gasteiger partial charge in [0.2, 0.25) is 0 Å². The number of nitrogens with two attached hydrogens (primary N) is 1. The second-order valence-corrected chi connectivity index (χ2v) is 7.30. The van der Waals surface area contributed by atoms with Gasteiger partial charge in [-0.2, -0.15) is 0 Å². The van der Waals surface area contributed by atoms with Crippen LogP contribution in [0.2, 0.25) is 0 Å². The summed E-state index contributed by atoms with van der Waals surface area (Å²) < 4.78 is 17.7. The van der Waals surface area contributed by atoms with Gasteiger partial charge in [0, 0.05) is 23.8 Å². The van der Waals surface area contributed by atoms with Gasteiger partial charge in [0.25, 0.3) is 0 Å². The summed E-state index contributed by atoms with van der Waals surface area (Å²) in [7, 11) is 0. The fraction of sp³-hybridized carbons (Fsp3) is 0.391. The number of benzene rings is 1. The van der Waals surface area contributed by atoms with Gasteiger partial charge in [0.1, 0.15) is 18.2 Å². The summed E-state index contributed by atoms with van der Waals surface area (Å²) in [5.74, 6) is 1.31. The van der Waals surface area contributed by atoms with E-state index in [0.29, 0.717) is 12.4 Å². The van der Waals surface area contributed by atoms with Gasteiger partial charge in [-0.3, -0.25) is 0 Å². The summed E-state index contributed by atoms with van der Waals surface area (Å²) >= 11 is 0. The summed E-state index contributed by atoms with van der Waals surface area (Å²) in [5.41, 5.74) is 8.38. The minimum Gasteiger partial charge on any atom is -0.491 e. The van der Waals surface area contributed by atoms with Crippen LogP contribution in [0.15, 0.2) is 48.7 Å². The molecule has 2 N–H and O–H groups in total. The van der Waals surface area contributed by atoms with Crippen LogP contribution < -0.4 is 10.5 Å². The smallest absolute Gasteiger partial charge is 0.158 e. The first-order valence-corrected chi connectivity index (χ1v) is 10.2. The quantitative estimate of drug-likeness (QED) is 0.633. The van der Waals surface area contributed by atoms with Crippen LogP contribution in [0.4, 0.5) is 5.82 Å². The monoisotopic (exact) mass is 393 g/mol. The van der Waals surface area contributed by atoms with E-state index in [9.17, 15) is 0 Å². The molecule has 0 amide bonds. The molecule has 1 saturated heterocycles. The lowest BCUT2D eigenvalue weighted by molar-refractivity contribution is -0.193. The lowest BCUT2D eigenvalue weighted by Gasteiger charge is -2.27. The fourth-order valence-corrected chi connectivity index (χ4v) is 3.39. The predicted octanol–water partition coefficient (Wildman–Crippen LogP) is 4.58. The third-order valence-electron chi connectivity index (χ3n) is 5.12. The molecule has 1 aliphatic rings. The molecular formula is C23H27N3O3. The van der Waals surface area contributed by atoms with Crippen molar-refractivity contribution in [3.63, 3.8) is 0 Å². The third kappa shape index (κ3) is 5.02. The largest absolute Gasteiger partial charge is 0.491 e. The number of hydrogen-bond acceptors (Lipinski definition) is 6. The summed E-state index contributed by atoms with van der Waals surface area (Å²) in [4.78, 5) is 8.86. The minimum absolute atomic E-state index is 0.0207. The maximum atomic E-state index is 6.05. The van der Waals surface area contributed by atoms with Crippen LogP contribution in [0.1, 0.15) is 32.6 Å². The Labute approximate surface area is 171 Å². The zero-order chi connectivity index (χ0) is 20.1. The molecule has 1 aromatic carbocycles. The van der Waals surface area contributed by atoms with Crippen molar-refractivity contribution in [1.29, 1.82) is 0 Å². The molecule has 0 aliphatic carbocycles. The van der Waals surface area contributed by atoms with Crippen molar-refractivity contribution in [2.75, 3.05) is 18.9 Å². The third-order valence-corrected chi connectivity index (χ3v) is 5.12. The molecule has 1 aliphatic heterocycles. The Morgan fingerprint density at radius 3 is 2.86 bits per heavy atom. The Kier molecular flexibility index (Phi) is 6.22. The van der Waals surface area contributed by atoms with Crippen LogP contribution in [0.25, 0.3) is 22.2 Å². The summed E-state index contributed by atoms with van der Waals surface area (Å²) in [6, 6.07) is 13.7. The average Bonchev–Trinajstić information content (AvgIpc) is 2.77. The molecule has 2 aromatic heterocycles. The van der Waals surface area contributed by atoms with Gasteiger partial charge >= 0.3 is 0 Å². The molecular weight excluding hydrogens is 366 g/mol. The van der Waals surface area contributed by atoms with Crippen molar-refractivity contribution in [1.82, 2.24) is 9.97 Å². The number of fused-ring (bicyclic) bond motifs is 1. The van der Waals surface area contributed by atoms with E-state index in [2.05, 4.69) is 11.9 Å². The number of nitrogens with zero attached hydrogens (tertiary/aromatic N) is 2. The van der Waals surface area contributed by atoms with Crippen LogP contribution in [0.3, 0.4) is 0 Å². The molecule has 2 unspecified atom stereocenters. The first-order valence-electron chi connectivity index (χ1n) is 10.2. The van der Waals surface area contributed by atoms with Crippen LogP contribution in [0, 0.1) is 0 Å². The van der Waals surface area contributed by atoms with Gasteiger partial charge in [-0.15, -0.1) is 0 Å². The molecule has 0 radical (unpaired) electrons. The number of ether oxygens (including phenoxy) is 3. The molecule has 4 rings (SSSR count). The van der Waals surface area contributed by atoms with Gasteiger partial charge in [-0.25, -0.2) is 9.97 Å². The van der Waals surface area contributed by atoms with E-state index in [-0.39, 0.29) is 12.4 Å². The van der Waals surface area contributed by atoms with Gasteiger partial charge in [-0.1, -0.05) is 13.0 Å². The van der Waals surface area contributed by atoms with E-state index < -0.39 is 0 Å². The number of rotatable bonds is 7. The van der Waals surface area contributed by atoms with Crippen molar-refractivity contribution in [2.45, 2.75) is 45.0 Å². The van der Waals surface area contributed by atoms with E-state index in [0.717, 1.165) is 60.2 Å². The van der Waals surface area contributed by atoms with E-state index in [1.165, 1.54) is 0 Å². The second kappa shape index (κ2) is 9.20. The SMILES string of the molecule is CCC(COc1ccc2nc(-c3ccc(N)nc3)ccc2c1)OC1CCCCO1. The lowest BCUT2D eigenvalue weighted by Crippen LogP contribution is -2.31. The van der Waals surface area contributed by atoms with Crippen molar-refractivity contribution < 1.29 is 14.2 Å². The first kappa shape index (κ1) is 19.6.